The summed E-state index contributed by atoms with van der Waals surface area (Å²) < 4.78 is 5.15. The molecule has 1 unspecified atom stereocenters. The first kappa shape index (κ1) is 23.7. The summed E-state index contributed by atoms with van der Waals surface area (Å²) in [6.45, 7) is 5.54. The molecule has 0 bridgehead atoms. The van der Waals surface area contributed by atoms with Gasteiger partial charge in [-0.05, 0) is 60.6 Å². The third-order valence-corrected chi connectivity index (χ3v) is 6.43. The zero-order valence-electron chi connectivity index (χ0n) is 20.0. The molecule has 176 valence electrons. The molecule has 1 amide bonds. The third-order valence-electron chi connectivity index (χ3n) is 6.43. The third kappa shape index (κ3) is 5.02. The Labute approximate surface area is 200 Å². The maximum Gasteiger partial charge on any atom is 0.254 e. The largest absolute Gasteiger partial charge is 0.384 e. The number of aromatic amines is 1. The van der Waals surface area contributed by atoms with Gasteiger partial charge in [0.25, 0.3) is 5.91 Å². The van der Waals surface area contributed by atoms with Crippen molar-refractivity contribution in [2.45, 2.75) is 51.5 Å². The van der Waals surface area contributed by atoms with E-state index in [0.717, 1.165) is 41.8 Å². The zero-order valence-corrected chi connectivity index (χ0v) is 20.0. The second kappa shape index (κ2) is 10.6. The fourth-order valence-electron chi connectivity index (χ4n) is 4.58. The average molecular weight is 458 g/mol. The van der Waals surface area contributed by atoms with Gasteiger partial charge in [-0.25, -0.2) is 4.98 Å². The number of ether oxygens (including phenoxy) is 1. The number of hydrogen-bond acceptors (Lipinski definition) is 5. The van der Waals surface area contributed by atoms with Crippen LogP contribution in [0.25, 0.3) is 11.4 Å². The first-order valence-electron chi connectivity index (χ1n) is 11.9. The van der Waals surface area contributed by atoms with Crippen LogP contribution in [-0.2, 0) is 11.2 Å². The summed E-state index contributed by atoms with van der Waals surface area (Å²) >= 11 is 0. The molecule has 34 heavy (non-hydrogen) atoms. The summed E-state index contributed by atoms with van der Waals surface area (Å²) in [6.07, 6.45) is 3.63. The van der Waals surface area contributed by atoms with Gasteiger partial charge >= 0.3 is 0 Å². The van der Waals surface area contributed by atoms with Crippen LogP contribution in [0.1, 0.15) is 77.9 Å². The van der Waals surface area contributed by atoms with E-state index in [-0.39, 0.29) is 17.9 Å². The molecule has 2 heterocycles. The molecule has 0 radical (unpaired) electrons. The van der Waals surface area contributed by atoms with Crippen LogP contribution in [0.5, 0.6) is 0 Å². The number of aromatic nitrogens is 3. The lowest BCUT2D eigenvalue weighted by atomic mass is 9.92. The number of amides is 1. The molecule has 0 aliphatic carbocycles. The molecule has 1 aliphatic heterocycles. The Bertz CT molecular complexity index is 1180. The van der Waals surface area contributed by atoms with E-state index in [1.54, 1.807) is 7.11 Å². The van der Waals surface area contributed by atoms with Crippen LogP contribution in [0.3, 0.4) is 0 Å². The van der Waals surface area contributed by atoms with Gasteiger partial charge in [0.15, 0.2) is 5.82 Å². The number of carbonyl (C=O) groups excluding carboxylic acids is 1. The highest BCUT2D eigenvalue weighted by Crippen LogP contribution is 2.34. The van der Waals surface area contributed by atoms with Gasteiger partial charge in [0.1, 0.15) is 5.82 Å². The molecule has 7 nitrogen and oxygen atoms in total. The van der Waals surface area contributed by atoms with E-state index in [4.69, 9.17) is 10.00 Å². The van der Waals surface area contributed by atoms with Gasteiger partial charge in [-0.3, -0.25) is 9.89 Å². The number of likely N-dealkylation sites (tertiary alicyclic amines) is 1. The second-order valence-corrected chi connectivity index (χ2v) is 9.05. The number of nitrogens with zero attached hydrogens (tertiary/aromatic N) is 4. The van der Waals surface area contributed by atoms with Crippen LogP contribution in [0.15, 0.2) is 42.5 Å². The van der Waals surface area contributed by atoms with Gasteiger partial charge in [0.05, 0.1) is 24.3 Å². The monoisotopic (exact) mass is 457 g/mol. The van der Waals surface area contributed by atoms with Gasteiger partial charge in [0, 0.05) is 31.2 Å². The lowest BCUT2D eigenvalue weighted by Crippen LogP contribution is -2.38. The van der Waals surface area contributed by atoms with Crippen LogP contribution >= 0.6 is 0 Å². The fourth-order valence-corrected chi connectivity index (χ4v) is 4.58. The highest BCUT2D eigenvalue weighted by atomic mass is 16.5. The number of benzene rings is 2. The van der Waals surface area contributed by atoms with Gasteiger partial charge < -0.3 is 9.64 Å². The molecule has 0 spiro atoms. The number of nitriles is 1. The second-order valence-electron chi connectivity index (χ2n) is 9.05. The Balaban J connectivity index is 1.66. The lowest BCUT2D eigenvalue weighted by Gasteiger charge is -2.36. The molecule has 1 N–H and O–H groups in total. The Hall–Kier alpha value is -3.50. The van der Waals surface area contributed by atoms with Crippen molar-refractivity contribution in [2.24, 2.45) is 0 Å². The minimum Gasteiger partial charge on any atom is -0.384 e. The van der Waals surface area contributed by atoms with Crippen LogP contribution in [0, 0.1) is 11.3 Å². The standard InChI is InChI=1S/C27H31N5O2/c1-18(2)22-12-11-21(16-23(22)26-29-25(30-31-26)13-15-34-3)27(33)32-14-5-4-6-24(32)20-9-7-19(17-28)8-10-20/h7-12,16,18,24H,4-6,13-15H2,1-3H3,(H,29,30,31). The molecule has 1 aromatic heterocycles. The topological polar surface area (TPSA) is 94.9 Å². The van der Waals surface area contributed by atoms with Gasteiger partial charge in [-0.2, -0.15) is 10.4 Å². The van der Waals surface area contributed by atoms with Crippen molar-refractivity contribution in [3.05, 3.63) is 70.5 Å². The minimum absolute atomic E-state index is 0.00590. The van der Waals surface area contributed by atoms with Crippen LogP contribution < -0.4 is 0 Å². The number of piperidine rings is 1. The van der Waals surface area contributed by atoms with Crippen molar-refractivity contribution in [2.75, 3.05) is 20.3 Å². The minimum atomic E-state index is 0.00590. The predicted molar refractivity (Wildman–Crippen MR) is 130 cm³/mol. The van der Waals surface area contributed by atoms with Crippen LogP contribution in [0.4, 0.5) is 0 Å². The zero-order chi connectivity index (χ0) is 24.1. The number of methoxy groups -OCH3 is 1. The van der Waals surface area contributed by atoms with E-state index in [2.05, 4.69) is 35.1 Å². The maximum absolute atomic E-state index is 13.7. The number of rotatable bonds is 7. The number of hydrogen-bond donors (Lipinski definition) is 1. The maximum atomic E-state index is 13.7. The fraction of sp³-hybridized carbons (Fsp3) is 0.407. The molecule has 7 heteroatoms. The van der Waals surface area contributed by atoms with E-state index >= 15 is 0 Å². The normalized spacial score (nSPS) is 16.0. The Kier molecular flexibility index (Phi) is 7.39. The highest BCUT2D eigenvalue weighted by Gasteiger charge is 2.29. The molecule has 2 aromatic carbocycles. The number of nitrogens with one attached hydrogen (secondary N) is 1. The molecule has 1 aliphatic rings. The van der Waals surface area contributed by atoms with E-state index in [1.165, 1.54) is 0 Å². The molecule has 0 saturated carbocycles. The summed E-state index contributed by atoms with van der Waals surface area (Å²) in [7, 11) is 1.66. The molecular weight excluding hydrogens is 426 g/mol. The van der Waals surface area contributed by atoms with Gasteiger partial charge in [-0.1, -0.05) is 32.0 Å². The predicted octanol–water partition coefficient (Wildman–Crippen LogP) is 5.02. The van der Waals surface area contributed by atoms with Gasteiger partial charge in [-0.15, -0.1) is 0 Å². The van der Waals surface area contributed by atoms with Crippen LogP contribution in [0.2, 0.25) is 0 Å². The Morgan fingerprint density at radius 2 is 2.03 bits per heavy atom. The summed E-state index contributed by atoms with van der Waals surface area (Å²) in [6, 6.07) is 15.6. The molecule has 1 fully saturated rings. The van der Waals surface area contributed by atoms with E-state index < -0.39 is 0 Å². The van der Waals surface area contributed by atoms with Gasteiger partial charge in [0.2, 0.25) is 0 Å². The molecular formula is C27H31N5O2. The summed E-state index contributed by atoms with van der Waals surface area (Å²) in [5.41, 5.74) is 4.33. The van der Waals surface area contributed by atoms with Crippen molar-refractivity contribution < 1.29 is 9.53 Å². The Morgan fingerprint density at radius 1 is 1.24 bits per heavy atom. The summed E-state index contributed by atoms with van der Waals surface area (Å²) in [4.78, 5) is 20.4. The molecule has 4 rings (SSSR count). The first-order chi connectivity index (χ1) is 16.5. The summed E-state index contributed by atoms with van der Waals surface area (Å²) in [5.74, 6) is 1.65. The molecule has 1 atom stereocenters. The first-order valence-corrected chi connectivity index (χ1v) is 11.9. The quantitative estimate of drug-likeness (QED) is 0.537. The lowest BCUT2D eigenvalue weighted by molar-refractivity contribution is 0.0611. The van der Waals surface area contributed by atoms with Crippen molar-refractivity contribution in [1.82, 2.24) is 20.1 Å². The highest BCUT2D eigenvalue weighted by molar-refractivity contribution is 5.96. The van der Waals surface area contributed by atoms with E-state index in [9.17, 15) is 4.79 Å². The van der Waals surface area contributed by atoms with E-state index in [1.807, 2.05) is 47.4 Å². The van der Waals surface area contributed by atoms with Crippen molar-refractivity contribution in [1.29, 1.82) is 5.26 Å². The van der Waals surface area contributed by atoms with Crippen LogP contribution in [-0.4, -0.2) is 46.2 Å². The van der Waals surface area contributed by atoms with E-state index in [0.29, 0.717) is 36.5 Å². The smallest absolute Gasteiger partial charge is 0.254 e. The molecule has 3 aromatic rings. The molecule has 1 saturated heterocycles. The average Bonchev–Trinajstić information content (AvgIpc) is 3.35. The van der Waals surface area contributed by atoms with Crippen molar-refractivity contribution in [3.63, 3.8) is 0 Å². The SMILES string of the molecule is COCCc1nc(-c2cc(C(=O)N3CCCCC3c3ccc(C#N)cc3)ccc2C(C)C)n[nH]1. The summed E-state index contributed by atoms with van der Waals surface area (Å²) in [5, 5.41) is 16.5. The van der Waals surface area contributed by atoms with Crippen molar-refractivity contribution in [3.8, 4) is 17.5 Å². The number of carbonyl (C=O) groups is 1. The number of H-pyrrole nitrogens is 1. The Morgan fingerprint density at radius 3 is 2.74 bits per heavy atom. The van der Waals surface area contributed by atoms with Crippen molar-refractivity contribution >= 4 is 5.91 Å².